The molecule has 0 aromatic heterocycles. The van der Waals surface area contributed by atoms with Crippen LogP contribution in [0.1, 0.15) is 30.6 Å². The zero-order valence-corrected chi connectivity index (χ0v) is 14.3. The molecule has 22 heavy (non-hydrogen) atoms. The van der Waals surface area contributed by atoms with Crippen LogP contribution in [0.4, 0.5) is 0 Å². The zero-order chi connectivity index (χ0) is 16.1. The Bertz CT molecular complexity index is 497. The van der Waals surface area contributed by atoms with Crippen molar-refractivity contribution in [2.75, 3.05) is 33.4 Å². The fourth-order valence-corrected chi connectivity index (χ4v) is 3.38. The van der Waals surface area contributed by atoms with Crippen molar-refractivity contribution in [3.05, 3.63) is 34.9 Å². The maximum absolute atomic E-state index is 12.7. The average Bonchev–Trinajstić information content (AvgIpc) is 2.49. The molecule has 5 heteroatoms. The van der Waals surface area contributed by atoms with Gasteiger partial charge in [0.25, 0.3) is 5.91 Å². The van der Waals surface area contributed by atoms with Crippen LogP contribution >= 0.6 is 11.6 Å². The van der Waals surface area contributed by atoms with Crippen molar-refractivity contribution >= 4 is 17.5 Å². The van der Waals surface area contributed by atoms with Crippen molar-refractivity contribution in [2.24, 2.45) is 0 Å². The average molecular weight is 325 g/mol. The minimum atomic E-state index is 0.0286. The number of piperazine rings is 1. The molecule has 0 saturated carbocycles. The first-order valence-electron chi connectivity index (χ1n) is 7.83. The van der Waals surface area contributed by atoms with Crippen LogP contribution in [0.15, 0.2) is 24.3 Å². The summed E-state index contributed by atoms with van der Waals surface area (Å²) in [6.45, 7) is 7.61. The number of carbonyl (C=O) groups excluding carboxylic acids is 1. The Labute approximate surface area is 138 Å². The number of halogens is 1. The lowest BCUT2D eigenvalue weighted by Crippen LogP contribution is -2.58. The standard InChI is InChI=1S/C17H25ClN2O2/c1-13-11-19(12-14(2)20(13)9-6-10-22-3)17(21)15-7-4-5-8-16(15)18/h4-5,7-8,13-14H,6,9-12H2,1-3H3. The summed E-state index contributed by atoms with van der Waals surface area (Å²) in [5.41, 5.74) is 0.594. The normalized spacial score (nSPS) is 22.8. The Morgan fingerprint density at radius 1 is 1.27 bits per heavy atom. The molecule has 1 saturated heterocycles. The molecule has 2 unspecified atom stereocenters. The van der Waals surface area contributed by atoms with Gasteiger partial charge in [-0.25, -0.2) is 0 Å². The van der Waals surface area contributed by atoms with Gasteiger partial charge in [0.2, 0.25) is 0 Å². The van der Waals surface area contributed by atoms with E-state index < -0.39 is 0 Å². The Morgan fingerprint density at radius 2 is 1.91 bits per heavy atom. The third kappa shape index (κ3) is 4.00. The predicted octanol–water partition coefficient (Wildman–Crippen LogP) is 2.91. The zero-order valence-electron chi connectivity index (χ0n) is 13.6. The third-order valence-electron chi connectivity index (χ3n) is 4.26. The molecule has 1 aromatic carbocycles. The second-order valence-electron chi connectivity index (χ2n) is 5.97. The van der Waals surface area contributed by atoms with Gasteiger partial charge in [0.05, 0.1) is 10.6 Å². The van der Waals surface area contributed by atoms with Crippen molar-refractivity contribution < 1.29 is 9.53 Å². The maximum atomic E-state index is 12.7. The fraction of sp³-hybridized carbons (Fsp3) is 0.588. The lowest BCUT2D eigenvalue weighted by Gasteiger charge is -2.44. The van der Waals surface area contributed by atoms with Gasteiger partial charge >= 0.3 is 0 Å². The summed E-state index contributed by atoms with van der Waals surface area (Å²) in [5.74, 6) is 0.0286. The molecular weight excluding hydrogens is 300 g/mol. The van der Waals surface area contributed by atoms with Crippen LogP contribution in [0.25, 0.3) is 0 Å². The van der Waals surface area contributed by atoms with E-state index in [-0.39, 0.29) is 5.91 Å². The maximum Gasteiger partial charge on any atom is 0.255 e. The lowest BCUT2D eigenvalue weighted by molar-refractivity contribution is 0.0270. The number of methoxy groups -OCH3 is 1. The monoisotopic (exact) mass is 324 g/mol. The smallest absolute Gasteiger partial charge is 0.255 e. The number of nitrogens with zero attached hydrogens (tertiary/aromatic N) is 2. The highest BCUT2D eigenvalue weighted by Crippen LogP contribution is 2.21. The van der Waals surface area contributed by atoms with Gasteiger partial charge in [-0.1, -0.05) is 23.7 Å². The molecule has 0 radical (unpaired) electrons. The highest BCUT2D eigenvalue weighted by molar-refractivity contribution is 6.33. The van der Waals surface area contributed by atoms with Gasteiger partial charge in [0.15, 0.2) is 0 Å². The van der Waals surface area contributed by atoms with Gasteiger partial charge in [-0.2, -0.15) is 0 Å². The van der Waals surface area contributed by atoms with Gasteiger partial charge in [-0.05, 0) is 32.4 Å². The first-order chi connectivity index (χ1) is 10.5. The molecule has 0 bridgehead atoms. The molecule has 1 aromatic rings. The van der Waals surface area contributed by atoms with Crippen molar-refractivity contribution in [2.45, 2.75) is 32.4 Å². The molecular formula is C17H25ClN2O2. The number of ether oxygens (including phenoxy) is 1. The van der Waals surface area contributed by atoms with Crippen molar-refractivity contribution in [3.63, 3.8) is 0 Å². The summed E-state index contributed by atoms with van der Waals surface area (Å²) < 4.78 is 5.13. The van der Waals surface area contributed by atoms with Crippen LogP contribution in [0.2, 0.25) is 5.02 Å². The summed E-state index contributed by atoms with van der Waals surface area (Å²) in [5, 5.41) is 0.523. The van der Waals surface area contributed by atoms with Gasteiger partial charge in [-0.3, -0.25) is 9.69 Å². The first-order valence-corrected chi connectivity index (χ1v) is 8.21. The largest absolute Gasteiger partial charge is 0.385 e. The molecule has 2 rings (SSSR count). The van der Waals surface area contributed by atoms with Gasteiger partial charge in [0.1, 0.15) is 0 Å². The number of benzene rings is 1. The van der Waals surface area contributed by atoms with E-state index in [9.17, 15) is 4.79 Å². The molecule has 122 valence electrons. The molecule has 0 N–H and O–H groups in total. The number of hydrogen-bond acceptors (Lipinski definition) is 3. The van der Waals surface area contributed by atoms with Crippen LogP contribution in [-0.2, 0) is 4.74 Å². The Kier molecular flexibility index (Phi) is 6.24. The fourth-order valence-electron chi connectivity index (χ4n) is 3.16. The minimum absolute atomic E-state index is 0.0286. The number of hydrogen-bond donors (Lipinski definition) is 0. The Hall–Kier alpha value is -1.10. The number of rotatable bonds is 5. The van der Waals surface area contributed by atoms with E-state index >= 15 is 0 Å². The van der Waals surface area contributed by atoms with Crippen molar-refractivity contribution in [1.29, 1.82) is 0 Å². The molecule has 4 nitrogen and oxygen atoms in total. The van der Waals surface area contributed by atoms with E-state index in [2.05, 4.69) is 18.7 Å². The topological polar surface area (TPSA) is 32.8 Å². The van der Waals surface area contributed by atoms with E-state index in [1.165, 1.54) is 0 Å². The van der Waals surface area contributed by atoms with Crippen molar-refractivity contribution in [3.8, 4) is 0 Å². The van der Waals surface area contributed by atoms with Gasteiger partial charge in [0, 0.05) is 45.4 Å². The molecule has 1 fully saturated rings. The van der Waals surface area contributed by atoms with Gasteiger partial charge < -0.3 is 9.64 Å². The number of amides is 1. The second-order valence-corrected chi connectivity index (χ2v) is 6.38. The van der Waals surface area contributed by atoms with Crippen molar-refractivity contribution in [1.82, 2.24) is 9.80 Å². The van der Waals surface area contributed by atoms with E-state index in [4.69, 9.17) is 16.3 Å². The summed E-state index contributed by atoms with van der Waals surface area (Å²) in [6, 6.07) is 7.94. The Balaban J connectivity index is 2.01. The van der Waals surface area contributed by atoms with E-state index in [1.54, 1.807) is 19.2 Å². The van der Waals surface area contributed by atoms with E-state index in [0.717, 1.165) is 32.7 Å². The third-order valence-corrected chi connectivity index (χ3v) is 4.59. The minimum Gasteiger partial charge on any atom is -0.385 e. The second kappa shape index (κ2) is 7.95. The molecule has 1 aliphatic heterocycles. The van der Waals surface area contributed by atoms with Gasteiger partial charge in [-0.15, -0.1) is 0 Å². The van der Waals surface area contributed by atoms with Crippen LogP contribution in [0.3, 0.4) is 0 Å². The predicted molar refractivity (Wildman–Crippen MR) is 89.5 cm³/mol. The molecule has 2 atom stereocenters. The van der Waals surface area contributed by atoms with Crippen LogP contribution < -0.4 is 0 Å². The summed E-state index contributed by atoms with van der Waals surface area (Å²) >= 11 is 6.15. The molecule has 1 amide bonds. The Morgan fingerprint density at radius 3 is 2.50 bits per heavy atom. The van der Waals surface area contributed by atoms with E-state index in [0.29, 0.717) is 22.7 Å². The number of carbonyl (C=O) groups is 1. The summed E-state index contributed by atoms with van der Waals surface area (Å²) in [7, 11) is 1.73. The summed E-state index contributed by atoms with van der Waals surface area (Å²) in [6.07, 6.45) is 1.02. The molecule has 1 heterocycles. The van der Waals surface area contributed by atoms with Crippen LogP contribution in [0, 0.1) is 0 Å². The molecule has 0 aliphatic carbocycles. The quantitative estimate of drug-likeness (QED) is 0.781. The summed E-state index contributed by atoms with van der Waals surface area (Å²) in [4.78, 5) is 17.1. The molecule has 1 aliphatic rings. The highest BCUT2D eigenvalue weighted by atomic mass is 35.5. The van der Waals surface area contributed by atoms with Crippen LogP contribution in [0.5, 0.6) is 0 Å². The molecule has 0 spiro atoms. The highest BCUT2D eigenvalue weighted by Gasteiger charge is 2.32. The SMILES string of the molecule is COCCCN1C(C)CN(C(=O)c2ccccc2Cl)CC1C. The van der Waals surface area contributed by atoms with E-state index in [1.807, 2.05) is 17.0 Å². The lowest BCUT2D eigenvalue weighted by atomic mass is 10.1. The first kappa shape index (κ1) is 17.3. The van der Waals surface area contributed by atoms with Crippen LogP contribution in [-0.4, -0.2) is 61.1 Å².